The van der Waals surface area contributed by atoms with Crippen LogP contribution in [0.4, 0.5) is 11.4 Å². The topological polar surface area (TPSA) is 97.0 Å². The third-order valence-electron chi connectivity index (χ3n) is 2.84. The molecule has 0 saturated heterocycles. The Morgan fingerprint density at radius 1 is 1.36 bits per heavy atom. The first-order valence-electron chi connectivity index (χ1n) is 6.46. The number of hydrogen-bond donors (Lipinski definition) is 2. The predicted molar refractivity (Wildman–Crippen MR) is 82.1 cm³/mol. The number of hydrogen-bond acceptors (Lipinski definition) is 4. The minimum absolute atomic E-state index is 0.0133. The minimum Gasteiger partial charge on any atom is -0.344 e. The molecule has 8 nitrogen and oxygen atoms in total. The van der Waals surface area contributed by atoms with Gasteiger partial charge in [0.1, 0.15) is 5.69 Å². The quantitative estimate of drug-likeness (QED) is 0.557. The molecule has 9 heteroatoms. The molecule has 2 amide bonds. The number of quaternary nitrogens is 1. The summed E-state index contributed by atoms with van der Waals surface area (Å²) in [5.41, 5.74) is -0.200. The number of nitrogens with one attached hydrogen (secondary N) is 2. The van der Waals surface area contributed by atoms with E-state index in [4.69, 9.17) is 11.6 Å². The molecule has 0 fully saturated rings. The number of amides is 2. The average Bonchev–Trinajstić information content (AvgIpc) is 2.39. The highest BCUT2D eigenvalue weighted by molar-refractivity contribution is 6.31. The van der Waals surface area contributed by atoms with Gasteiger partial charge in [-0.15, -0.1) is 0 Å². The largest absolute Gasteiger partial charge is 0.344 e. The van der Waals surface area contributed by atoms with Gasteiger partial charge in [0.05, 0.1) is 12.0 Å². The van der Waals surface area contributed by atoms with E-state index >= 15 is 0 Å². The molecule has 0 heterocycles. The van der Waals surface area contributed by atoms with E-state index in [-0.39, 0.29) is 35.4 Å². The third-order valence-corrected chi connectivity index (χ3v) is 3.08. The van der Waals surface area contributed by atoms with E-state index in [1.807, 2.05) is 0 Å². The second kappa shape index (κ2) is 7.71. The van der Waals surface area contributed by atoms with Crippen LogP contribution in [0.15, 0.2) is 18.2 Å². The van der Waals surface area contributed by atoms with Gasteiger partial charge in [-0.1, -0.05) is 11.6 Å². The lowest BCUT2D eigenvalue weighted by Crippen LogP contribution is -3.11. The lowest BCUT2D eigenvalue weighted by molar-refractivity contribution is -0.862. The third kappa shape index (κ3) is 5.30. The molecule has 0 saturated carbocycles. The van der Waals surface area contributed by atoms with Crippen molar-refractivity contribution in [2.45, 2.75) is 0 Å². The molecule has 2 N–H and O–H groups in total. The Hall–Kier alpha value is -2.19. The molecule has 0 bridgehead atoms. The van der Waals surface area contributed by atoms with Crippen LogP contribution in [0.1, 0.15) is 0 Å². The Balaban J connectivity index is 2.70. The summed E-state index contributed by atoms with van der Waals surface area (Å²) in [6, 6.07) is 4.00. The van der Waals surface area contributed by atoms with E-state index in [0.717, 1.165) is 0 Å². The van der Waals surface area contributed by atoms with Crippen molar-refractivity contribution < 1.29 is 19.4 Å². The number of nitrogens with zero attached hydrogens (tertiary/aromatic N) is 2. The predicted octanol–water partition coefficient (Wildman–Crippen LogP) is -0.210. The van der Waals surface area contributed by atoms with Crippen molar-refractivity contribution in [1.29, 1.82) is 0 Å². The van der Waals surface area contributed by atoms with Crippen molar-refractivity contribution >= 4 is 34.8 Å². The number of nitro groups is 1. The normalized spacial score (nSPS) is 11.6. The number of benzene rings is 1. The fraction of sp³-hybridized carbons (Fsp3) is 0.385. The molecule has 120 valence electrons. The number of likely N-dealkylation sites (N-methyl/N-ethyl adjacent to an activating group) is 2. The van der Waals surface area contributed by atoms with Crippen LogP contribution in [0.5, 0.6) is 0 Å². The number of rotatable bonds is 6. The lowest BCUT2D eigenvalue weighted by atomic mass is 10.2. The fourth-order valence-electron chi connectivity index (χ4n) is 1.71. The van der Waals surface area contributed by atoms with E-state index in [2.05, 4.69) is 5.32 Å². The van der Waals surface area contributed by atoms with Gasteiger partial charge in [0.15, 0.2) is 13.1 Å². The van der Waals surface area contributed by atoms with Gasteiger partial charge >= 0.3 is 0 Å². The summed E-state index contributed by atoms with van der Waals surface area (Å²) in [5, 5.41) is 13.6. The second-order valence-corrected chi connectivity index (χ2v) is 5.50. The molecule has 1 unspecified atom stereocenters. The summed E-state index contributed by atoms with van der Waals surface area (Å²) >= 11 is 5.71. The van der Waals surface area contributed by atoms with Crippen molar-refractivity contribution in [3.8, 4) is 0 Å². The molecule has 0 aromatic heterocycles. The highest BCUT2D eigenvalue weighted by Crippen LogP contribution is 2.27. The zero-order valence-corrected chi connectivity index (χ0v) is 13.3. The summed E-state index contributed by atoms with van der Waals surface area (Å²) in [4.78, 5) is 35.9. The van der Waals surface area contributed by atoms with Gasteiger partial charge in [-0.3, -0.25) is 19.7 Å². The SMILES string of the molecule is CN(C)C(=O)C[NH+](C)CC(=O)Nc1ccc(Cl)cc1[N+](=O)[O-]. The van der Waals surface area contributed by atoms with Crippen LogP contribution in [-0.4, -0.2) is 55.9 Å². The molecule has 0 aliphatic rings. The molecule has 1 aromatic carbocycles. The summed E-state index contributed by atoms with van der Waals surface area (Å²) in [6.45, 7) is 0.169. The van der Waals surface area contributed by atoms with Crippen LogP contribution in [0.25, 0.3) is 0 Å². The van der Waals surface area contributed by atoms with Crippen molar-refractivity contribution in [1.82, 2.24) is 4.90 Å². The first kappa shape index (κ1) is 17.9. The number of carbonyl (C=O) groups excluding carboxylic acids is 2. The zero-order chi connectivity index (χ0) is 16.9. The molecular weight excluding hydrogens is 312 g/mol. The van der Waals surface area contributed by atoms with Crippen LogP contribution in [0, 0.1) is 10.1 Å². The molecule has 1 atom stereocenters. The molecular formula is C13H18ClN4O4+. The van der Waals surface area contributed by atoms with Crippen LogP contribution >= 0.6 is 11.6 Å². The van der Waals surface area contributed by atoms with Gasteiger partial charge in [-0.2, -0.15) is 0 Å². The van der Waals surface area contributed by atoms with Gasteiger partial charge < -0.3 is 15.1 Å². The molecule has 0 spiro atoms. The maximum atomic E-state index is 11.9. The Bertz CT molecular complexity index is 591. The first-order valence-corrected chi connectivity index (χ1v) is 6.83. The molecule has 0 aliphatic carbocycles. The maximum Gasteiger partial charge on any atom is 0.294 e. The Kier molecular flexibility index (Phi) is 6.26. The summed E-state index contributed by atoms with van der Waals surface area (Å²) in [6.07, 6.45) is 0. The van der Waals surface area contributed by atoms with Crippen LogP contribution in [0.2, 0.25) is 5.02 Å². The van der Waals surface area contributed by atoms with Crippen molar-refractivity contribution in [2.24, 2.45) is 0 Å². The van der Waals surface area contributed by atoms with Gasteiger partial charge in [0.25, 0.3) is 17.5 Å². The van der Waals surface area contributed by atoms with Crippen LogP contribution in [-0.2, 0) is 9.59 Å². The number of anilines is 1. The standard InChI is InChI=1S/C13H17ClN4O4/c1-16(2)13(20)8-17(3)7-12(19)15-10-5-4-9(14)6-11(10)18(21)22/h4-6H,7-8H2,1-3H3,(H,15,19)/p+1. The summed E-state index contributed by atoms with van der Waals surface area (Å²) in [5.74, 6) is -0.530. The molecule has 1 rings (SSSR count). The Morgan fingerprint density at radius 2 is 2.00 bits per heavy atom. The van der Waals surface area contributed by atoms with Gasteiger partial charge in [-0.25, -0.2) is 0 Å². The Labute approximate surface area is 132 Å². The minimum atomic E-state index is -0.617. The fourth-order valence-corrected chi connectivity index (χ4v) is 1.88. The number of carbonyl (C=O) groups is 2. The average molecular weight is 330 g/mol. The van der Waals surface area contributed by atoms with Gasteiger partial charge in [0, 0.05) is 25.2 Å². The first-order chi connectivity index (χ1) is 10.2. The van der Waals surface area contributed by atoms with Gasteiger partial charge in [0.2, 0.25) is 0 Å². The van der Waals surface area contributed by atoms with Gasteiger partial charge in [-0.05, 0) is 12.1 Å². The lowest BCUT2D eigenvalue weighted by Gasteiger charge is -2.16. The summed E-state index contributed by atoms with van der Waals surface area (Å²) < 4.78 is 0. The van der Waals surface area contributed by atoms with E-state index in [1.54, 1.807) is 21.1 Å². The number of halogens is 1. The highest BCUT2D eigenvalue weighted by atomic mass is 35.5. The van der Waals surface area contributed by atoms with E-state index in [9.17, 15) is 19.7 Å². The van der Waals surface area contributed by atoms with Crippen molar-refractivity contribution in [3.05, 3.63) is 33.3 Å². The highest BCUT2D eigenvalue weighted by Gasteiger charge is 2.19. The smallest absolute Gasteiger partial charge is 0.294 e. The van der Waals surface area contributed by atoms with Crippen molar-refractivity contribution in [3.63, 3.8) is 0 Å². The Morgan fingerprint density at radius 3 is 2.55 bits per heavy atom. The molecule has 22 heavy (non-hydrogen) atoms. The van der Waals surface area contributed by atoms with E-state index < -0.39 is 10.8 Å². The van der Waals surface area contributed by atoms with E-state index in [1.165, 1.54) is 23.1 Å². The zero-order valence-electron chi connectivity index (χ0n) is 12.6. The van der Waals surface area contributed by atoms with Crippen LogP contribution < -0.4 is 10.2 Å². The molecule has 0 radical (unpaired) electrons. The molecule has 0 aliphatic heterocycles. The maximum absolute atomic E-state index is 11.9. The van der Waals surface area contributed by atoms with E-state index in [0.29, 0.717) is 4.90 Å². The monoisotopic (exact) mass is 329 g/mol. The molecule has 1 aromatic rings. The van der Waals surface area contributed by atoms with Crippen LogP contribution in [0.3, 0.4) is 0 Å². The number of nitro benzene ring substituents is 1. The van der Waals surface area contributed by atoms with Crippen molar-refractivity contribution in [2.75, 3.05) is 39.5 Å². The second-order valence-electron chi connectivity index (χ2n) is 5.07. The summed E-state index contributed by atoms with van der Waals surface area (Å²) in [7, 11) is 4.96.